The smallest absolute Gasteiger partial charge is 0.409 e. The SMILES string of the molecule is CCOC(=O)N1CCN(S(=O)(=O)c2ccc(C(=O)N3CCC(Oc4nc5c(C)cccc5s4)CC3)cc2)CC1. The van der Waals surface area contributed by atoms with E-state index >= 15 is 0 Å². The lowest BCUT2D eigenvalue weighted by Crippen LogP contribution is -2.50. The average molecular weight is 573 g/mol. The highest BCUT2D eigenvalue weighted by atomic mass is 32.2. The van der Waals surface area contributed by atoms with Crippen molar-refractivity contribution in [3.05, 3.63) is 53.6 Å². The minimum absolute atomic E-state index is 0.00765. The first-order valence-corrected chi connectivity index (χ1v) is 15.4. The van der Waals surface area contributed by atoms with Gasteiger partial charge in [0.05, 0.1) is 21.7 Å². The van der Waals surface area contributed by atoms with Crippen LogP contribution in [0, 0.1) is 6.92 Å². The quantitative estimate of drug-likeness (QED) is 0.443. The van der Waals surface area contributed by atoms with E-state index in [1.54, 1.807) is 24.0 Å². The van der Waals surface area contributed by atoms with Crippen molar-refractivity contribution in [3.8, 4) is 5.19 Å². The number of fused-ring (bicyclic) bond motifs is 1. The number of likely N-dealkylation sites (tertiary alicyclic amines) is 1. The molecule has 0 bridgehead atoms. The Balaban J connectivity index is 1.15. The number of rotatable bonds is 6. The van der Waals surface area contributed by atoms with Gasteiger partial charge in [-0.15, -0.1) is 0 Å². The Hall–Kier alpha value is -3.22. The predicted molar refractivity (Wildman–Crippen MR) is 148 cm³/mol. The molecule has 2 amide bonds. The van der Waals surface area contributed by atoms with E-state index in [9.17, 15) is 18.0 Å². The Morgan fingerprint density at radius 3 is 2.31 bits per heavy atom. The Labute approximate surface area is 232 Å². The summed E-state index contributed by atoms with van der Waals surface area (Å²) in [5, 5.41) is 0.656. The van der Waals surface area contributed by atoms with Gasteiger partial charge >= 0.3 is 6.09 Å². The molecule has 0 saturated carbocycles. The van der Waals surface area contributed by atoms with Crippen molar-refractivity contribution < 1.29 is 27.5 Å². The molecule has 208 valence electrons. The number of ether oxygens (including phenoxy) is 2. The zero-order valence-electron chi connectivity index (χ0n) is 22.0. The van der Waals surface area contributed by atoms with Crippen molar-refractivity contribution in [3.63, 3.8) is 0 Å². The van der Waals surface area contributed by atoms with Gasteiger partial charge in [-0.05, 0) is 49.7 Å². The summed E-state index contributed by atoms with van der Waals surface area (Å²) in [6, 6.07) is 12.2. The molecule has 0 aliphatic carbocycles. The van der Waals surface area contributed by atoms with Gasteiger partial charge in [0, 0.05) is 57.7 Å². The Kier molecular flexibility index (Phi) is 8.06. The normalized spacial score (nSPS) is 17.4. The number of hydrogen-bond donors (Lipinski definition) is 0. The molecule has 39 heavy (non-hydrogen) atoms. The molecule has 3 heterocycles. The van der Waals surface area contributed by atoms with Crippen LogP contribution in [0.2, 0.25) is 0 Å². The summed E-state index contributed by atoms with van der Waals surface area (Å²) in [6.07, 6.45) is 0.960. The molecule has 0 unspecified atom stereocenters. The van der Waals surface area contributed by atoms with Crippen molar-refractivity contribution in [2.24, 2.45) is 0 Å². The van der Waals surface area contributed by atoms with Crippen LogP contribution in [-0.4, -0.2) is 91.5 Å². The summed E-state index contributed by atoms with van der Waals surface area (Å²) in [7, 11) is -3.73. The van der Waals surface area contributed by atoms with E-state index in [1.165, 1.54) is 32.7 Å². The molecule has 5 rings (SSSR count). The number of aromatic nitrogens is 1. The number of nitrogens with zero attached hydrogens (tertiary/aromatic N) is 4. The van der Waals surface area contributed by atoms with E-state index in [-0.39, 0.29) is 49.7 Å². The highest BCUT2D eigenvalue weighted by molar-refractivity contribution is 7.89. The van der Waals surface area contributed by atoms with E-state index in [1.807, 2.05) is 25.1 Å². The van der Waals surface area contributed by atoms with Crippen LogP contribution in [0.1, 0.15) is 35.7 Å². The number of para-hydroxylation sites is 1. The maximum absolute atomic E-state index is 13.1. The summed E-state index contributed by atoms with van der Waals surface area (Å²) in [6.45, 7) is 6.07. The molecular weight excluding hydrogens is 540 g/mol. The molecule has 2 aliphatic heterocycles. The lowest BCUT2D eigenvalue weighted by Gasteiger charge is -2.33. The number of thiazole rings is 1. The van der Waals surface area contributed by atoms with Crippen LogP contribution in [0.5, 0.6) is 5.19 Å². The van der Waals surface area contributed by atoms with E-state index < -0.39 is 16.1 Å². The monoisotopic (exact) mass is 572 g/mol. The maximum Gasteiger partial charge on any atom is 0.409 e. The van der Waals surface area contributed by atoms with E-state index in [2.05, 4.69) is 4.98 Å². The predicted octanol–water partition coefficient (Wildman–Crippen LogP) is 3.75. The lowest BCUT2D eigenvalue weighted by atomic mass is 10.1. The number of amides is 2. The number of carbonyl (C=O) groups excluding carboxylic acids is 2. The maximum atomic E-state index is 13.1. The molecular formula is C27H32N4O6S2. The molecule has 3 aromatic rings. The highest BCUT2D eigenvalue weighted by Crippen LogP contribution is 2.31. The fourth-order valence-corrected chi connectivity index (χ4v) is 7.24. The van der Waals surface area contributed by atoms with Crippen LogP contribution in [0.25, 0.3) is 10.2 Å². The second-order valence-electron chi connectivity index (χ2n) is 9.63. The van der Waals surface area contributed by atoms with E-state index in [0.29, 0.717) is 36.7 Å². The molecule has 2 aliphatic rings. The molecule has 0 radical (unpaired) electrons. The Morgan fingerprint density at radius 2 is 1.67 bits per heavy atom. The fourth-order valence-electron chi connectivity index (χ4n) is 4.86. The van der Waals surface area contributed by atoms with Crippen molar-refractivity contribution in [2.75, 3.05) is 45.9 Å². The molecule has 0 atom stereocenters. The second kappa shape index (κ2) is 11.5. The number of piperidine rings is 1. The molecule has 0 N–H and O–H groups in total. The zero-order valence-corrected chi connectivity index (χ0v) is 23.7. The number of aryl methyl sites for hydroxylation is 1. The lowest BCUT2D eigenvalue weighted by molar-refractivity contribution is 0.0595. The van der Waals surface area contributed by atoms with Gasteiger partial charge in [-0.25, -0.2) is 18.2 Å². The number of sulfonamides is 1. The third kappa shape index (κ3) is 5.87. The Morgan fingerprint density at radius 1 is 0.974 bits per heavy atom. The third-order valence-electron chi connectivity index (χ3n) is 7.10. The van der Waals surface area contributed by atoms with Gasteiger partial charge in [0.15, 0.2) is 0 Å². The molecule has 2 fully saturated rings. The fraction of sp³-hybridized carbons (Fsp3) is 0.444. The van der Waals surface area contributed by atoms with Gasteiger partial charge in [-0.3, -0.25) is 4.79 Å². The summed E-state index contributed by atoms with van der Waals surface area (Å²) < 4.78 is 39.8. The van der Waals surface area contributed by atoms with Gasteiger partial charge in [0.1, 0.15) is 6.10 Å². The van der Waals surface area contributed by atoms with Crippen LogP contribution in [0.3, 0.4) is 0 Å². The number of carbonyl (C=O) groups is 2. The second-order valence-corrected chi connectivity index (χ2v) is 12.6. The first kappa shape index (κ1) is 27.4. The number of piperazine rings is 1. The van der Waals surface area contributed by atoms with Gasteiger partial charge in [-0.2, -0.15) is 4.31 Å². The van der Waals surface area contributed by atoms with Crippen LogP contribution in [-0.2, 0) is 14.8 Å². The average Bonchev–Trinajstić information content (AvgIpc) is 3.37. The summed E-state index contributed by atoms with van der Waals surface area (Å²) in [4.78, 5) is 33.0. The van der Waals surface area contributed by atoms with Crippen LogP contribution in [0.15, 0.2) is 47.4 Å². The topological polar surface area (TPSA) is 109 Å². The third-order valence-corrected chi connectivity index (χ3v) is 9.93. The molecule has 2 saturated heterocycles. The molecule has 12 heteroatoms. The molecule has 10 nitrogen and oxygen atoms in total. The van der Waals surface area contributed by atoms with Crippen LogP contribution < -0.4 is 4.74 Å². The van der Waals surface area contributed by atoms with Gasteiger partial charge in [0.25, 0.3) is 11.1 Å². The summed E-state index contributed by atoms with van der Waals surface area (Å²) >= 11 is 1.54. The van der Waals surface area contributed by atoms with Crippen LogP contribution in [0.4, 0.5) is 4.79 Å². The van der Waals surface area contributed by atoms with E-state index in [0.717, 1.165) is 15.8 Å². The van der Waals surface area contributed by atoms with Crippen molar-refractivity contribution >= 4 is 43.6 Å². The van der Waals surface area contributed by atoms with Gasteiger partial charge in [-0.1, -0.05) is 23.5 Å². The molecule has 0 spiro atoms. The number of hydrogen-bond acceptors (Lipinski definition) is 8. The minimum atomic E-state index is -3.73. The summed E-state index contributed by atoms with van der Waals surface area (Å²) in [5.41, 5.74) is 2.53. The number of benzene rings is 2. The first-order valence-electron chi connectivity index (χ1n) is 13.1. The van der Waals surface area contributed by atoms with Crippen LogP contribution >= 0.6 is 11.3 Å². The van der Waals surface area contributed by atoms with E-state index in [4.69, 9.17) is 9.47 Å². The largest absolute Gasteiger partial charge is 0.467 e. The molecule has 1 aromatic heterocycles. The van der Waals surface area contributed by atoms with Gasteiger partial charge in [0.2, 0.25) is 10.0 Å². The molecule has 2 aromatic carbocycles. The highest BCUT2D eigenvalue weighted by Gasteiger charge is 2.31. The first-order chi connectivity index (χ1) is 18.8. The Bertz CT molecular complexity index is 1440. The standard InChI is InChI=1S/C27H32N4O6S2/c1-3-36-27(33)30-15-17-31(18-16-30)39(34,35)22-9-7-20(8-10-22)25(32)29-13-11-21(12-14-29)37-26-28-24-19(2)5-4-6-23(24)38-26/h4-10,21H,3,11-18H2,1-2H3. The van der Waals surface area contributed by atoms with Crippen molar-refractivity contribution in [2.45, 2.75) is 37.7 Å². The summed E-state index contributed by atoms with van der Waals surface area (Å²) in [5.74, 6) is -0.129. The van der Waals surface area contributed by atoms with Crippen molar-refractivity contribution in [1.29, 1.82) is 0 Å². The zero-order chi connectivity index (χ0) is 27.6. The minimum Gasteiger partial charge on any atom is -0.467 e. The van der Waals surface area contributed by atoms with Gasteiger partial charge < -0.3 is 19.3 Å². The van der Waals surface area contributed by atoms with Crippen molar-refractivity contribution in [1.82, 2.24) is 19.1 Å².